The van der Waals surface area contributed by atoms with Gasteiger partial charge in [0.2, 0.25) is 15.3 Å². The number of hydrogen-bond donors (Lipinski definition) is 1. The molecule has 0 amide bonds. The second kappa shape index (κ2) is 5.92. The highest BCUT2D eigenvalue weighted by Crippen LogP contribution is 2.26. The first kappa shape index (κ1) is 15.6. The van der Waals surface area contributed by atoms with E-state index in [1.807, 2.05) is 0 Å². The number of nitrogens with one attached hydrogen (secondary N) is 1. The molecule has 1 N–H and O–H groups in total. The summed E-state index contributed by atoms with van der Waals surface area (Å²) in [6.45, 7) is 0. The van der Waals surface area contributed by atoms with Gasteiger partial charge in [-0.3, -0.25) is 0 Å². The van der Waals surface area contributed by atoms with E-state index in [9.17, 15) is 12.8 Å². The number of para-hydroxylation sites is 1. The average Bonchev–Trinajstić information content (AvgIpc) is 2.43. The Morgan fingerprint density at radius 2 is 1.95 bits per heavy atom. The van der Waals surface area contributed by atoms with Gasteiger partial charge in [-0.2, -0.15) is 4.98 Å². The smallest absolute Gasteiger partial charge is 0.244 e. The second-order valence-corrected chi connectivity index (χ2v) is 6.70. The van der Waals surface area contributed by atoms with Crippen molar-refractivity contribution in [2.24, 2.45) is 0 Å². The number of rotatable bonds is 4. The van der Waals surface area contributed by atoms with Crippen molar-refractivity contribution in [2.45, 2.75) is 4.90 Å². The van der Waals surface area contributed by atoms with Gasteiger partial charge >= 0.3 is 0 Å². The van der Waals surface area contributed by atoms with Gasteiger partial charge < -0.3 is 5.32 Å². The highest BCUT2D eigenvalue weighted by atomic mass is 35.5. The monoisotopic (exact) mass is 330 g/mol. The van der Waals surface area contributed by atoms with Crippen LogP contribution in [0.5, 0.6) is 0 Å². The number of halogens is 2. The van der Waals surface area contributed by atoms with Crippen molar-refractivity contribution in [3.63, 3.8) is 0 Å². The zero-order valence-electron chi connectivity index (χ0n) is 11.2. The third-order valence-electron chi connectivity index (χ3n) is 2.61. The van der Waals surface area contributed by atoms with Crippen LogP contribution >= 0.6 is 11.6 Å². The van der Waals surface area contributed by atoms with Gasteiger partial charge in [-0.1, -0.05) is 12.1 Å². The molecule has 21 heavy (non-hydrogen) atoms. The second-order valence-electron chi connectivity index (χ2n) is 4.24. The quantitative estimate of drug-likeness (QED) is 0.870. The molecule has 1 heterocycles. The standard InChI is InChI=1S/C12H12ClFN4O2S/c1-18(2)21(19,20)10-6-4-3-5-9(10)16-11-8(14)7-15-12(13)17-11/h3-7H,1-2H3,(H,15,16,17). The number of aromatic nitrogens is 2. The summed E-state index contributed by atoms with van der Waals surface area (Å²) < 4.78 is 39.2. The minimum atomic E-state index is -3.68. The molecular formula is C12H12ClFN4O2S. The van der Waals surface area contributed by atoms with Crippen LogP contribution in [-0.4, -0.2) is 36.8 Å². The molecule has 0 unspecified atom stereocenters. The molecule has 0 aliphatic carbocycles. The first-order valence-corrected chi connectivity index (χ1v) is 7.61. The van der Waals surface area contributed by atoms with Crippen molar-refractivity contribution < 1.29 is 12.8 Å². The van der Waals surface area contributed by atoms with E-state index in [2.05, 4.69) is 15.3 Å². The Balaban J connectivity index is 2.49. The number of hydrogen-bond acceptors (Lipinski definition) is 5. The van der Waals surface area contributed by atoms with Gasteiger partial charge in [0.25, 0.3) is 0 Å². The van der Waals surface area contributed by atoms with Crippen LogP contribution in [0.2, 0.25) is 5.28 Å². The van der Waals surface area contributed by atoms with Gasteiger partial charge in [0.1, 0.15) is 4.90 Å². The molecule has 112 valence electrons. The molecule has 1 aromatic carbocycles. The van der Waals surface area contributed by atoms with E-state index >= 15 is 0 Å². The first-order chi connectivity index (χ1) is 9.82. The predicted octanol–water partition coefficient (Wildman–Crippen LogP) is 2.26. The summed E-state index contributed by atoms with van der Waals surface area (Å²) in [6, 6.07) is 6.12. The predicted molar refractivity (Wildman–Crippen MR) is 77.6 cm³/mol. The summed E-state index contributed by atoms with van der Waals surface area (Å²) in [6.07, 6.45) is 0.903. The molecular weight excluding hydrogens is 319 g/mol. The Hall–Kier alpha value is -1.77. The van der Waals surface area contributed by atoms with E-state index < -0.39 is 15.8 Å². The van der Waals surface area contributed by atoms with Gasteiger partial charge in [-0.05, 0) is 23.7 Å². The summed E-state index contributed by atoms with van der Waals surface area (Å²) in [7, 11) is -0.857. The van der Waals surface area contributed by atoms with Crippen molar-refractivity contribution in [3.05, 3.63) is 41.6 Å². The number of sulfonamides is 1. The van der Waals surface area contributed by atoms with E-state index in [0.29, 0.717) is 0 Å². The van der Waals surface area contributed by atoms with Crippen molar-refractivity contribution in [1.29, 1.82) is 0 Å². The Labute approximate surface area is 126 Å². The molecule has 2 aromatic rings. The molecule has 2 rings (SSSR count). The van der Waals surface area contributed by atoms with Crippen LogP contribution in [-0.2, 0) is 10.0 Å². The van der Waals surface area contributed by atoms with Gasteiger partial charge in [0.15, 0.2) is 11.6 Å². The van der Waals surface area contributed by atoms with Crippen LogP contribution in [0, 0.1) is 5.82 Å². The molecule has 6 nitrogen and oxygen atoms in total. The summed E-state index contributed by atoms with van der Waals surface area (Å²) in [5, 5.41) is 2.48. The lowest BCUT2D eigenvalue weighted by molar-refractivity contribution is 0.521. The van der Waals surface area contributed by atoms with Crippen LogP contribution in [0.1, 0.15) is 0 Å². The van der Waals surface area contributed by atoms with Crippen LogP contribution in [0.4, 0.5) is 15.9 Å². The van der Waals surface area contributed by atoms with Crippen LogP contribution in [0.15, 0.2) is 35.4 Å². The van der Waals surface area contributed by atoms with E-state index in [-0.39, 0.29) is 21.7 Å². The van der Waals surface area contributed by atoms with Crippen molar-refractivity contribution in [3.8, 4) is 0 Å². The number of benzene rings is 1. The molecule has 0 bridgehead atoms. The van der Waals surface area contributed by atoms with E-state index in [1.165, 1.54) is 26.2 Å². The van der Waals surface area contributed by atoms with E-state index in [1.54, 1.807) is 12.1 Å². The molecule has 9 heteroatoms. The Morgan fingerprint density at radius 1 is 1.29 bits per heavy atom. The Bertz CT molecular complexity index is 768. The average molecular weight is 331 g/mol. The highest BCUT2D eigenvalue weighted by Gasteiger charge is 2.21. The molecule has 0 saturated carbocycles. The molecule has 0 aliphatic heterocycles. The molecule has 0 fully saturated rings. The van der Waals surface area contributed by atoms with Gasteiger partial charge in [-0.25, -0.2) is 22.1 Å². The SMILES string of the molecule is CN(C)S(=O)(=O)c1ccccc1Nc1nc(Cl)ncc1F. The fraction of sp³-hybridized carbons (Fsp3) is 0.167. The fourth-order valence-corrected chi connectivity index (χ4v) is 2.73. The topological polar surface area (TPSA) is 75.2 Å². The number of anilines is 2. The molecule has 0 atom stereocenters. The van der Waals surface area contributed by atoms with Gasteiger partial charge in [-0.15, -0.1) is 0 Å². The van der Waals surface area contributed by atoms with Crippen molar-refractivity contribution >= 4 is 33.1 Å². The molecule has 0 radical (unpaired) electrons. The third-order valence-corrected chi connectivity index (χ3v) is 4.67. The largest absolute Gasteiger partial charge is 0.337 e. The Kier molecular flexibility index (Phi) is 4.40. The maximum absolute atomic E-state index is 13.6. The first-order valence-electron chi connectivity index (χ1n) is 5.79. The minimum absolute atomic E-state index is 0.00383. The normalized spacial score (nSPS) is 11.7. The van der Waals surface area contributed by atoms with Crippen molar-refractivity contribution in [1.82, 2.24) is 14.3 Å². The van der Waals surface area contributed by atoms with Crippen LogP contribution < -0.4 is 5.32 Å². The fourth-order valence-electron chi connectivity index (χ4n) is 1.55. The summed E-state index contributed by atoms with van der Waals surface area (Å²) >= 11 is 5.61. The molecule has 0 saturated heterocycles. The lowest BCUT2D eigenvalue weighted by Gasteiger charge is -2.16. The number of nitrogens with zero attached hydrogens (tertiary/aromatic N) is 3. The Morgan fingerprint density at radius 3 is 2.62 bits per heavy atom. The minimum Gasteiger partial charge on any atom is -0.337 e. The van der Waals surface area contributed by atoms with Gasteiger partial charge in [0.05, 0.1) is 11.9 Å². The molecule has 0 spiro atoms. The van der Waals surface area contributed by atoms with E-state index in [0.717, 1.165) is 10.5 Å². The summed E-state index contributed by atoms with van der Waals surface area (Å²) in [5.74, 6) is -0.937. The third kappa shape index (κ3) is 3.29. The van der Waals surface area contributed by atoms with Crippen molar-refractivity contribution in [2.75, 3.05) is 19.4 Å². The zero-order chi connectivity index (χ0) is 15.6. The summed E-state index contributed by atoms with van der Waals surface area (Å²) in [5.41, 5.74) is 0.194. The van der Waals surface area contributed by atoms with E-state index in [4.69, 9.17) is 11.6 Å². The molecule has 0 aliphatic rings. The lowest BCUT2D eigenvalue weighted by Crippen LogP contribution is -2.23. The highest BCUT2D eigenvalue weighted by molar-refractivity contribution is 7.89. The zero-order valence-corrected chi connectivity index (χ0v) is 12.8. The maximum Gasteiger partial charge on any atom is 0.244 e. The summed E-state index contributed by atoms with van der Waals surface area (Å²) in [4.78, 5) is 7.19. The van der Waals surface area contributed by atoms with Crippen LogP contribution in [0.25, 0.3) is 0 Å². The maximum atomic E-state index is 13.6. The molecule has 1 aromatic heterocycles. The van der Waals surface area contributed by atoms with Gasteiger partial charge in [0, 0.05) is 14.1 Å². The van der Waals surface area contributed by atoms with Crippen LogP contribution in [0.3, 0.4) is 0 Å². The lowest BCUT2D eigenvalue weighted by atomic mass is 10.3.